The number of hydrogen-bond donors (Lipinski definition) is 3. The monoisotopic (exact) mass is 296 g/mol. The van der Waals surface area contributed by atoms with Gasteiger partial charge in [0, 0.05) is 18.7 Å². The van der Waals surface area contributed by atoms with Gasteiger partial charge in [-0.2, -0.15) is 12.6 Å². The summed E-state index contributed by atoms with van der Waals surface area (Å²) < 4.78 is 4.82. The molecule has 0 aliphatic carbocycles. The van der Waals surface area contributed by atoms with E-state index >= 15 is 0 Å². The number of amides is 1. The van der Waals surface area contributed by atoms with Crippen LogP contribution in [0.15, 0.2) is 24.3 Å². The maximum Gasteiger partial charge on any atom is 0.507 e. The SMILES string of the molecule is N[C@H](CS)C(=O)N1Cc2ccccc2CC1OC(=O)O. The molecule has 6 nitrogen and oxygen atoms in total. The number of benzene rings is 1. The van der Waals surface area contributed by atoms with E-state index in [4.69, 9.17) is 15.6 Å². The van der Waals surface area contributed by atoms with E-state index in [9.17, 15) is 9.59 Å². The van der Waals surface area contributed by atoms with Crippen LogP contribution in [0, 0.1) is 0 Å². The molecule has 1 aliphatic rings. The number of ether oxygens (including phenoxy) is 1. The number of carboxylic acid groups (broad SMARTS) is 1. The predicted molar refractivity (Wildman–Crippen MR) is 75.4 cm³/mol. The van der Waals surface area contributed by atoms with Crippen LogP contribution in [-0.2, 0) is 22.5 Å². The maximum absolute atomic E-state index is 12.2. The molecular formula is C13H16N2O4S. The van der Waals surface area contributed by atoms with Crippen molar-refractivity contribution in [3.63, 3.8) is 0 Å². The van der Waals surface area contributed by atoms with Crippen LogP contribution < -0.4 is 5.73 Å². The molecular weight excluding hydrogens is 280 g/mol. The van der Waals surface area contributed by atoms with E-state index < -0.39 is 18.4 Å². The van der Waals surface area contributed by atoms with Crippen molar-refractivity contribution in [3.8, 4) is 0 Å². The van der Waals surface area contributed by atoms with Gasteiger partial charge in [-0.1, -0.05) is 24.3 Å². The minimum Gasteiger partial charge on any atom is -0.450 e. The summed E-state index contributed by atoms with van der Waals surface area (Å²) in [5.74, 6) is -0.169. The minimum absolute atomic E-state index is 0.191. The lowest BCUT2D eigenvalue weighted by Crippen LogP contribution is -2.52. The lowest BCUT2D eigenvalue weighted by Gasteiger charge is -2.36. The second-order valence-corrected chi connectivity index (χ2v) is 4.93. The van der Waals surface area contributed by atoms with Crippen LogP contribution in [0.25, 0.3) is 0 Å². The standard InChI is InChI=1S/C13H16N2O4S/c14-10(7-20)12(16)15-6-9-4-2-1-3-8(9)5-11(15)19-13(17)18/h1-4,10-11,20H,5-7,14H2,(H,17,18)/t10-,11?/m1/s1. The zero-order valence-corrected chi connectivity index (χ0v) is 11.6. The maximum atomic E-state index is 12.2. The van der Waals surface area contributed by atoms with Gasteiger partial charge in [-0.25, -0.2) is 4.79 Å². The molecule has 0 saturated carbocycles. The molecule has 0 aromatic heterocycles. The number of carbonyl (C=O) groups is 2. The molecule has 0 bridgehead atoms. The summed E-state index contributed by atoms with van der Waals surface area (Å²) in [6.45, 7) is 0.286. The summed E-state index contributed by atoms with van der Waals surface area (Å²) in [5.41, 5.74) is 7.63. The third-order valence-corrected chi connectivity index (χ3v) is 3.63. The highest BCUT2D eigenvalue weighted by atomic mass is 32.1. The second-order valence-electron chi connectivity index (χ2n) is 4.57. The summed E-state index contributed by atoms with van der Waals surface area (Å²) in [7, 11) is 0. The van der Waals surface area contributed by atoms with Gasteiger partial charge in [0.2, 0.25) is 5.91 Å². The summed E-state index contributed by atoms with van der Waals surface area (Å²) in [6.07, 6.45) is -1.93. The number of thiol groups is 1. The quantitative estimate of drug-likeness (QED) is 0.568. The Morgan fingerprint density at radius 1 is 1.45 bits per heavy atom. The predicted octanol–water partition coefficient (Wildman–Crippen LogP) is 0.849. The van der Waals surface area contributed by atoms with Gasteiger partial charge in [0.05, 0.1) is 6.04 Å². The van der Waals surface area contributed by atoms with Crippen LogP contribution in [0.1, 0.15) is 11.1 Å². The Bertz CT molecular complexity index is 523. The minimum atomic E-state index is -1.41. The topological polar surface area (TPSA) is 92.9 Å². The van der Waals surface area contributed by atoms with Crippen molar-refractivity contribution < 1.29 is 19.4 Å². The molecule has 1 aliphatic heterocycles. The van der Waals surface area contributed by atoms with Crippen molar-refractivity contribution >= 4 is 24.7 Å². The van der Waals surface area contributed by atoms with E-state index in [2.05, 4.69) is 12.6 Å². The van der Waals surface area contributed by atoms with Crippen molar-refractivity contribution in [2.24, 2.45) is 5.73 Å². The summed E-state index contributed by atoms with van der Waals surface area (Å²) in [6, 6.07) is 6.77. The first kappa shape index (κ1) is 14.7. The smallest absolute Gasteiger partial charge is 0.450 e. The van der Waals surface area contributed by atoms with Crippen LogP contribution in [-0.4, -0.2) is 40.1 Å². The molecule has 0 fully saturated rings. The van der Waals surface area contributed by atoms with Crippen LogP contribution >= 0.6 is 12.6 Å². The number of hydrogen-bond acceptors (Lipinski definition) is 5. The van der Waals surface area contributed by atoms with E-state index in [-0.39, 0.29) is 18.2 Å². The molecule has 7 heteroatoms. The van der Waals surface area contributed by atoms with Crippen LogP contribution in [0.5, 0.6) is 0 Å². The molecule has 108 valence electrons. The number of carbonyl (C=O) groups excluding carboxylic acids is 1. The fourth-order valence-corrected chi connectivity index (χ4v) is 2.38. The van der Waals surface area contributed by atoms with Crippen molar-refractivity contribution in [2.75, 3.05) is 5.75 Å². The number of fused-ring (bicyclic) bond motifs is 1. The second kappa shape index (κ2) is 6.15. The molecule has 1 heterocycles. The van der Waals surface area contributed by atoms with E-state index in [1.54, 1.807) is 0 Å². The van der Waals surface area contributed by atoms with Gasteiger partial charge >= 0.3 is 6.16 Å². The Morgan fingerprint density at radius 2 is 2.10 bits per heavy atom. The van der Waals surface area contributed by atoms with Gasteiger partial charge in [0.1, 0.15) is 0 Å². The van der Waals surface area contributed by atoms with Gasteiger partial charge in [0.25, 0.3) is 0 Å². The Morgan fingerprint density at radius 3 is 2.70 bits per heavy atom. The van der Waals surface area contributed by atoms with E-state index in [0.29, 0.717) is 6.42 Å². The number of rotatable bonds is 3. The third kappa shape index (κ3) is 3.05. The van der Waals surface area contributed by atoms with Gasteiger partial charge in [-0.3, -0.25) is 4.79 Å². The lowest BCUT2D eigenvalue weighted by molar-refractivity contribution is -0.145. The van der Waals surface area contributed by atoms with Gasteiger partial charge < -0.3 is 20.5 Å². The van der Waals surface area contributed by atoms with Crippen molar-refractivity contribution in [1.29, 1.82) is 0 Å². The molecule has 3 N–H and O–H groups in total. The Labute approximate surface area is 121 Å². The Hall–Kier alpha value is -1.73. The largest absolute Gasteiger partial charge is 0.507 e. The van der Waals surface area contributed by atoms with E-state index in [1.165, 1.54) is 4.90 Å². The van der Waals surface area contributed by atoms with E-state index in [0.717, 1.165) is 11.1 Å². The van der Waals surface area contributed by atoms with Crippen molar-refractivity contribution in [2.45, 2.75) is 25.2 Å². The molecule has 2 rings (SSSR count). The Kier molecular flexibility index (Phi) is 4.51. The lowest BCUT2D eigenvalue weighted by atomic mass is 9.98. The van der Waals surface area contributed by atoms with Crippen LogP contribution in [0.3, 0.4) is 0 Å². The summed E-state index contributed by atoms with van der Waals surface area (Å²) >= 11 is 4.00. The molecule has 1 amide bonds. The van der Waals surface area contributed by atoms with Gasteiger partial charge in [-0.05, 0) is 11.1 Å². The normalized spacial score (nSPS) is 19.1. The highest BCUT2D eigenvalue weighted by Crippen LogP contribution is 2.24. The first-order chi connectivity index (χ1) is 9.52. The average Bonchev–Trinajstić information content (AvgIpc) is 2.44. The third-order valence-electron chi connectivity index (χ3n) is 3.24. The molecule has 0 spiro atoms. The zero-order chi connectivity index (χ0) is 14.7. The molecule has 0 radical (unpaired) electrons. The fourth-order valence-electron chi connectivity index (χ4n) is 2.23. The fraction of sp³-hybridized carbons (Fsp3) is 0.385. The molecule has 20 heavy (non-hydrogen) atoms. The first-order valence-electron chi connectivity index (χ1n) is 6.16. The average molecular weight is 296 g/mol. The van der Waals surface area contributed by atoms with Crippen molar-refractivity contribution in [3.05, 3.63) is 35.4 Å². The molecule has 1 aromatic carbocycles. The van der Waals surface area contributed by atoms with Crippen LogP contribution in [0.2, 0.25) is 0 Å². The molecule has 0 saturated heterocycles. The zero-order valence-electron chi connectivity index (χ0n) is 10.7. The van der Waals surface area contributed by atoms with Crippen molar-refractivity contribution in [1.82, 2.24) is 4.90 Å². The highest BCUT2D eigenvalue weighted by Gasteiger charge is 2.34. The molecule has 1 unspecified atom stereocenters. The van der Waals surface area contributed by atoms with Gasteiger partial charge in [0.15, 0.2) is 6.23 Å². The molecule has 1 aromatic rings. The summed E-state index contributed by atoms with van der Waals surface area (Å²) in [5, 5.41) is 8.80. The van der Waals surface area contributed by atoms with E-state index in [1.807, 2.05) is 24.3 Å². The Balaban J connectivity index is 2.27. The first-order valence-corrected chi connectivity index (χ1v) is 6.79. The summed E-state index contributed by atoms with van der Waals surface area (Å²) in [4.78, 5) is 24.3. The highest BCUT2D eigenvalue weighted by molar-refractivity contribution is 7.80. The van der Waals surface area contributed by atoms with Gasteiger partial charge in [-0.15, -0.1) is 0 Å². The number of nitrogens with zero attached hydrogens (tertiary/aromatic N) is 1. The molecule has 2 atom stereocenters. The van der Waals surface area contributed by atoms with Crippen LogP contribution in [0.4, 0.5) is 4.79 Å². The number of nitrogens with two attached hydrogens (primary N) is 1.